The number of halogens is 3. The SMILES string of the molecule is COCCNc1ccc(C(=O)N2CCCC(c3nnc4ccc(C(F)(F)F)cn34)C2)cc1[N+](=O)[O-]. The number of benzene rings is 1. The van der Waals surface area contributed by atoms with Gasteiger partial charge >= 0.3 is 6.18 Å². The van der Waals surface area contributed by atoms with E-state index in [1.165, 1.54) is 35.8 Å². The average molecular weight is 492 g/mol. The molecular formula is C22H23F3N6O4. The molecule has 0 spiro atoms. The molecule has 1 N–H and O–H groups in total. The fourth-order valence-corrected chi connectivity index (χ4v) is 4.16. The molecule has 0 aliphatic carbocycles. The van der Waals surface area contributed by atoms with Crippen LogP contribution in [0.15, 0.2) is 36.5 Å². The number of hydrogen-bond acceptors (Lipinski definition) is 7. The molecule has 1 aromatic carbocycles. The van der Waals surface area contributed by atoms with E-state index in [2.05, 4.69) is 15.5 Å². The van der Waals surface area contributed by atoms with Crippen LogP contribution in [0.2, 0.25) is 0 Å². The van der Waals surface area contributed by atoms with Gasteiger partial charge in [0.25, 0.3) is 11.6 Å². The van der Waals surface area contributed by atoms with E-state index in [9.17, 15) is 28.1 Å². The number of methoxy groups -OCH3 is 1. The molecule has 3 heterocycles. The van der Waals surface area contributed by atoms with Crippen LogP contribution in [0, 0.1) is 10.1 Å². The van der Waals surface area contributed by atoms with Gasteiger partial charge in [-0.25, -0.2) is 0 Å². The minimum absolute atomic E-state index is 0.153. The van der Waals surface area contributed by atoms with Crippen molar-refractivity contribution in [2.45, 2.75) is 24.9 Å². The first-order chi connectivity index (χ1) is 16.7. The maximum Gasteiger partial charge on any atom is 0.417 e. The lowest BCUT2D eigenvalue weighted by Gasteiger charge is -2.32. The first kappa shape index (κ1) is 24.4. The zero-order valence-electron chi connectivity index (χ0n) is 18.8. The van der Waals surface area contributed by atoms with Crippen molar-refractivity contribution < 1.29 is 27.6 Å². The number of carbonyl (C=O) groups is 1. The van der Waals surface area contributed by atoms with Crippen LogP contribution in [-0.2, 0) is 10.9 Å². The monoisotopic (exact) mass is 492 g/mol. The molecule has 1 fully saturated rings. The molecular weight excluding hydrogens is 469 g/mol. The van der Waals surface area contributed by atoms with Crippen molar-refractivity contribution in [3.8, 4) is 0 Å². The van der Waals surface area contributed by atoms with Gasteiger partial charge in [0.2, 0.25) is 0 Å². The fourth-order valence-electron chi connectivity index (χ4n) is 4.16. The Hall–Kier alpha value is -3.74. The highest BCUT2D eigenvalue weighted by Gasteiger charge is 2.33. The van der Waals surface area contributed by atoms with Gasteiger partial charge < -0.3 is 15.0 Å². The minimum atomic E-state index is -4.51. The average Bonchev–Trinajstić information content (AvgIpc) is 3.27. The maximum absolute atomic E-state index is 13.2. The number of nitro benzene ring substituents is 1. The van der Waals surface area contributed by atoms with Gasteiger partial charge in [-0.3, -0.25) is 19.3 Å². The number of alkyl halides is 3. The van der Waals surface area contributed by atoms with Crippen molar-refractivity contribution in [1.29, 1.82) is 0 Å². The van der Waals surface area contributed by atoms with Crippen LogP contribution >= 0.6 is 0 Å². The smallest absolute Gasteiger partial charge is 0.383 e. The molecule has 35 heavy (non-hydrogen) atoms. The highest BCUT2D eigenvalue weighted by Crippen LogP contribution is 2.32. The molecule has 0 radical (unpaired) electrons. The highest BCUT2D eigenvalue weighted by molar-refractivity contribution is 5.96. The molecule has 1 atom stereocenters. The number of carbonyl (C=O) groups excluding carboxylic acids is 1. The largest absolute Gasteiger partial charge is 0.417 e. The van der Waals surface area contributed by atoms with Crippen molar-refractivity contribution in [3.05, 3.63) is 63.6 Å². The molecule has 1 saturated heterocycles. The van der Waals surface area contributed by atoms with Gasteiger partial charge in [0.15, 0.2) is 5.65 Å². The number of ether oxygens (including phenoxy) is 1. The van der Waals surface area contributed by atoms with Crippen molar-refractivity contribution in [2.24, 2.45) is 0 Å². The predicted octanol–water partition coefficient (Wildman–Crippen LogP) is 3.73. The first-order valence-electron chi connectivity index (χ1n) is 10.9. The van der Waals surface area contributed by atoms with Gasteiger partial charge in [-0.1, -0.05) is 0 Å². The Morgan fingerprint density at radius 3 is 2.80 bits per heavy atom. The van der Waals surface area contributed by atoms with Gasteiger partial charge in [0.1, 0.15) is 11.5 Å². The van der Waals surface area contributed by atoms with Gasteiger partial charge in [-0.15, -0.1) is 10.2 Å². The van der Waals surface area contributed by atoms with E-state index >= 15 is 0 Å². The van der Waals surface area contributed by atoms with E-state index < -0.39 is 22.6 Å². The van der Waals surface area contributed by atoms with Crippen LogP contribution in [0.1, 0.15) is 40.5 Å². The number of amides is 1. The summed E-state index contributed by atoms with van der Waals surface area (Å²) in [5, 5.41) is 22.5. The zero-order chi connectivity index (χ0) is 25.2. The van der Waals surface area contributed by atoms with Crippen LogP contribution in [0.25, 0.3) is 5.65 Å². The van der Waals surface area contributed by atoms with E-state index in [4.69, 9.17) is 4.74 Å². The van der Waals surface area contributed by atoms with Gasteiger partial charge in [-0.05, 0) is 37.1 Å². The summed E-state index contributed by atoms with van der Waals surface area (Å²) in [7, 11) is 1.52. The van der Waals surface area contributed by atoms with Crippen LogP contribution in [0.3, 0.4) is 0 Å². The summed E-state index contributed by atoms with van der Waals surface area (Å²) in [4.78, 5) is 25.7. The van der Waals surface area contributed by atoms with Gasteiger partial charge in [-0.2, -0.15) is 13.2 Å². The second-order valence-corrected chi connectivity index (χ2v) is 8.20. The van der Waals surface area contributed by atoms with Crippen LogP contribution in [-0.4, -0.2) is 63.7 Å². The molecule has 10 nitrogen and oxygen atoms in total. The second-order valence-electron chi connectivity index (χ2n) is 8.20. The lowest BCUT2D eigenvalue weighted by Crippen LogP contribution is -2.39. The summed E-state index contributed by atoms with van der Waals surface area (Å²) in [6, 6.07) is 6.42. The normalized spacial score (nSPS) is 16.5. The van der Waals surface area contributed by atoms with Crippen molar-refractivity contribution in [1.82, 2.24) is 19.5 Å². The Bertz CT molecular complexity index is 1250. The number of rotatable bonds is 7. The Balaban J connectivity index is 1.56. The second kappa shape index (κ2) is 9.86. The van der Waals surface area contributed by atoms with E-state index in [1.807, 2.05) is 0 Å². The van der Waals surface area contributed by atoms with E-state index in [1.54, 1.807) is 4.90 Å². The Morgan fingerprint density at radius 2 is 2.09 bits per heavy atom. The highest BCUT2D eigenvalue weighted by atomic mass is 19.4. The third-order valence-electron chi connectivity index (χ3n) is 5.89. The summed E-state index contributed by atoms with van der Waals surface area (Å²) < 4.78 is 45.8. The Morgan fingerprint density at radius 1 is 1.29 bits per heavy atom. The molecule has 4 rings (SSSR count). The molecule has 2 aromatic heterocycles. The Kier molecular flexibility index (Phi) is 6.87. The van der Waals surface area contributed by atoms with Crippen molar-refractivity contribution in [2.75, 3.05) is 38.7 Å². The van der Waals surface area contributed by atoms with Crippen LogP contribution in [0.5, 0.6) is 0 Å². The minimum Gasteiger partial charge on any atom is -0.383 e. The summed E-state index contributed by atoms with van der Waals surface area (Å²) >= 11 is 0. The maximum atomic E-state index is 13.2. The molecule has 0 bridgehead atoms. The Labute approximate surface area is 197 Å². The molecule has 186 valence electrons. The summed E-state index contributed by atoms with van der Waals surface area (Å²) in [6.07, 6.45) is -2.33. The number of nitrogens with one attached hydrogen (secondary N) is 1. The first-order valence-corrected chi connectivity index (χ1v) is 10.9. The molecule has 3 aromatic rings. The molecule has 0 saturated carbocycles. The quantitative estimate of drug-likeness (QED) is 0.304. The zero-order valence-corrected chi connectivity index (χ0v) is 18.8. The molecule has 1 unspecified atom stereocenters. The number of hydrogen-bond donors (Lipinski definition) is 1. The van der Waals surface area contributed by atoms with Crippen LogP contribution < -0.4 is 5.32 Å². The number of piperidine rings is 1. The molecule has 1 aliphatic heterocycles. The number of aromatic nitrogens is 3. The van der Waals surface area contributed by atoms with E-state index in [-0.39, 0.29) is 35.0 Å². The number of anilines is 1. The number of fused-ring (bicyclic) bond motifs is 1. The molecule has 13 heteroatoms. The lowest BCUT2D eigenvalue weighted by atomic mass is 9.96. The van der Waals surface area contributed by atoms with Gasteiger partial charge in [0.05, 0.1) is 17.1 Å². The number of likely N-dealkylation sites (tertiary alicyclic amines) is 1. The van der Waals surface area contributed by atoms with Crippen LogP contribution in [0.4, 0.5) is 24.5 Å². The van der Waals surface area contributed by atoms with E-state index in [0.29, 0.717) is 38.4 Å². The number of pyridine rings is 1. The standard InChI is InChI=1S/C22H23F3N6O4/c1-35-10-8-26-17-6-4-14(11-18(17)31(33)34)21(32)29-9-2-3-15(12-29)20-28-27-19-7-5-16(13-30(19)20)22(23,24)25/h4-7,11,13,15,26H,2-3,8-10,12H2,1H3. The fraction of sp³-hybridized carbons (Fsp3) is 0.409. The van der Waals surface area contributed by atoms with Gasteiger partial charge in [0, 0.05) is 50.5 Å². The third-order valence-corrected chi connectivity index (χ3v) is 5.89. The summed E-state index contributed by atoms with van der Waals surface area (Å²) in [6.45, 7) is 1.34. The van der Waals surface area contributed by atoms with Crippen molar-refractivity contribution >= 4 is 22.9 Å². The summed E-state index contributed by atoms with van der Waals surface area (Å²) in [5.74, 6) is -0.394. The molecule has 1 aliphatic rings. The third kappa shape index (κ3) is 5.19. The lowest BCUT2D eigenvalue weighted by molar-refractivity contribution is -0.384. The molecule has 1 amide bonds. The topological polar surface area (TPSA) is 115 Å². The number of nitro groups is 1. The summed E-state index contributed by atoms with van der Waals surface area (Å²) in [5.41, 5.74) is -0.343. The van der Waals surface area contributed by atoms with E-state index in [0.717, 1.165) is 12.3 Å². The number of nitrogens with zero attached hydrogens (tertiary/aromatic N) is 5. The van der Waals surface area contributed by atoms with Crippen molar-refractivity contribution in [3.63, 3.8) is 0 Å². The predicted molar refractivity (Wildman–Crippen MR) is 119 cm³/mol.